The fourth-order valence-corrected chi connectivity index (χ4v) is 3.26. The van der Waals surface area contributed by atoms with Crippen molar-refractivity contribution in [2.75, 3.05) is 32.7 Å². The molecule has 0 aromatic heterocycles. The third-order valence-corrected chi connectivity index (χ3v) is 4.89. The van der Waals surface area contributed by atoms with Crippen molar-refractivity contribution in [1.29, 1.82) is 0 Å². The smallest absolute Gasteiger partial charge is 0.315 e. The second-order valence-corrected chi connectivity index (χ2v) is 6.55. The molecule has 0 spiro atoms. The molecular formula is C17H24N2O2. The molecule has 2 aliphatic rings. The standard InChI is InChI=1S/C17H24N2O2/c1-17(16(20)21,14-5-3-2-4-6-14)13-18-9-11-19(12-10-18)15-7-8-15/h2-6,15H,7-13H2,1H3,(H,20,21). The highest BCUT2D eigenvalue weighted by Crippen LogP contribution is 2.29. The van der Waals surface area contributed by atoms with E-state index in [9.17, 15) is 9.90 Å². The number of rotatable bonds is 5. The number of hydrogen-bond acceptors (Lipinski definition) is 3. The van der Waals surface area contributed by atoms with Gasteiger partial charge in [-0.25, -0.2) is 0 Å². The van der Waals surface area contributed by atoms with Crippen LogP contribution < -0.4 is 0 Å². The third kappa shape index (κ3) is 3.11. The van der Waals surface area contributed by atoms with Gasteiger partial charge in [-0.05, 0) is 25.3 Å². The van der Waals surface area contributed by atoms with Crippen LogP contribution in [0.4, 0.5) is 0 Å². The average molecular weight is 288 g/mol. The Morgan fingerprint density at radius 1 is 1.19 bits per heavy atom. The van der Waals surface area contributed by atoms with E-state index in [1.807, 2.05) is 37.3 Å². The lowest BCUT2D eigenvalue weighted by Crippen LogP contribution is -2.52. The molecule has 0 amide bonds. The molecule has 114 valence electrons. The van der Waals surface area contributed by atoms with Crippen LogP contribution in [0.25, 0.3) is 0 Å². The molecule has 1 aromatic rings. The van der Waals surface area contributed by atoms with E-state index in [1.54, 1.807) is 0 Å². The van der Waals surface area contributed by atoms with Gasteiger partial charge in [0.15, 0.2) is 0 Å². The predicted molar refractivity (Wildman–Crippen MR) is 82.5 cm³/mol. The van der Waals surface area contributed by atoms with Crippen LogP contribution in [-0.4, -0.2) is 59.6 Å². The normalized spacial score (nSPS) is 23.7. The van der Waals surface area contributed by atoms with Crippen LogP contribution in [0.3, 0.4) is 0 Å². The van der Waals surface area contributed by atoms with Gasteiger partial charge in [0.25, 0.3) is 0 Å². The summed E-state index contributed by atoms with van der Waals surface area (Å²) in [5, 5.41) is 9.73. The number of carbonyl (C=O) groups is 1. The van der Waals surface area contributed by atoms with Crippen LogP contribution in [0.1, 0.15) is 25.3 Å². The van der Waals surface area contributed by atoms with E-state index >= 15 is 0 Å². The SMILES string of the molecule is CC(CN1CCN(C2CC2)CC1)(C(=O)O)c1ccccc1. The molecule has 1 aromatic carbocycles. The minimum Gasteiger partial charge on any atom is -0.481 e. The van der Waals surface area contributed by atoms with E-state index in [1.165, 1.54) is 12.8 Å². The van der Waals surface area contributed by atoms with Gasteiger partial charge < -0.3 is 5.11 Å². The van der Waals surface area contributed by atoms with Crippen molar-refractivity contribution in [3.63, 3.8) is 0 Å². The molecule has 4 nitrogen and oxygen atoms in total. The van der Waals surface area contributed by atoms with Crippen molar-refractivity contribution in [3.05, 3.63) is 35.9 Å². The number of carboxylic acids is 1. The fourth-order valence-electron chi connectivity index (χ4n) is 3.26. The number of piperazine rings is 1. The lowest BCUT2D eigenvalue weighted by atomic mass is 9.82. The molecule has 1 heterocycles. The Labute approximate surface area is 126 Å². The molecule has 1 aliphatic heterocycles. The van der Waals surface area contributed by atoms with E-state index in [0.717, 1.165) is 37.8 Å². The molecular weight excluding hydrogens is 264 g/mol. The summed E-state index contributed by atoms with van der Waals surface area (Å²) in [7, 11) is 0. The van der Waals surface area contributed by atoms with Gasteiger partial charge in [0.1, 0.15) is 5.41 Å². The van der Waals surface area contributed by atoms with E-state index in [2.05, 4.69) is 9.80 Å². The molecule has 2 fully saturated rings. The molecule has 1 saturated carbocycles. The number of carboxylic acid groups (broad SMARTS) is 1. The first-order valence-corrected chi connectivity index (χ1v) is 7.85. The van der Waals surface area contributed by atoms with Gasteiger partial charge in [-0.3, -0.25) is 14.6 Å². The topological polar surface area (TPSA) is 43.8 Å². The lowest BCUT2D eigenvalue weighted by molar-refractivity contribution is -0.144. The summed E-state index contributed by atoms with van der Waals surface area (Å²) in [6, 6.07) is 10.4. The summed E-state index contributed by atoms with van der Waals surface area (Å²) < 4.78 is 0. The fraction of sp³-hybridized carbons (Fsp3) is 0.588. The van der Waals surface area contributed by atoms with Gasteiger partial charge in [-0.1, -0.05) is 30.3 Å². The first-order chi connectivity index (χ1) is 10.1. The molecule has 0 radical (unpaired) electrons. The maximum Gasteiger partial charge on any atom is 0.315 e. The first-order valence-electron chi connectivity index (χ1n) is 7.85. The summed E-state index contributed by atoms with van der Waals surface area (Å²) in [5.41, 5.74) is 0.0605. The number of aliphatic carboxylic acids is 1. The molecule has 1 N–H and O–H groups in total. The van der Waals surface area contributed by atoms with Crippen LogP contribution >= 0.6 is 0 Å². The van der Waals surface area contributed by atoms with Gasteiger partial charge in [0, 0.05) is 38.8 Å². The van der Waals surface area contributed by atoms with Crippen molar-refractivity contribution >= 4 is 5.97 Å². The third-order valence-electron chi connectivity index (χ3n) is 4.89. The molecule has 4 heteroatoms. The average Bonchev–Trinajstić information content (AvgIpc) is 3.33. The van der Waals surface area contributed by atoms with E-state index < -0.39 is 11.4 Å². The highest BCUT2D eigenvalue weighted by molar-refractivity contribution is 5.81. The van der Waals surface area contributed by atoms with Gasteiger partial charge >= 0.3 is 5.97 Å². The Hall–Kier alpha value is -1.39. The van der Waals surface area contributed by atoms with Gasteiger partial charge in [0.2, 0.25) is 0 Å². The molecule has 21 heavy (non-hydrogen) atoms. The van der Waals surface area contributed by atoms with Crippen molar-refractivity contribution in [2.45, 2.75) is 31.2 Å². The van der Waals surface area contributed by atoms with Gasteiger partial charge in [-0.2, -0.15) is 0 Å². The first kappa shape index (κ1) is 14.5. The van der Waals surface area contributed by atoms with Gasteiger partial charge in [0.05, 0.1) is 0 Å². The minimum atomic E-state index is -0.830. The summed E-state index contributed by atoms with van der Waals surface area (Å²) in [6.45, 7) is 6.55. The Kier molecular flexibility index (Phi) is 4.00. The number of benzene rings is 1. The zero-order valence-corrected chi connectivity index (χ0v) is 12.7. The highest BCUT2D eigenvalue weighted by atomic mass is 16.4. The Bertz CT molecular complexity index is 493. The van der Waals surface area contributed by atoms with Crippen molar-refractivity contribution < 1.29 is 9.90 Å². The Morgan fingerprint density at radius 2 is 1.81 bits per heavy atom. The van der Waals surface area contributed by atoms with Crippen molar-refractivity contribution in [3.8, 4) is 0 Å². The van der Waals surface area contributed by atoms with Gasteiger partial charge in [-0.15, -0.1) is 0 Å². The maximum absolute atomic E-state index is 11.8. The van der Waals surface area contributed by atoms with Crippen LogP contribution in [0, 0.1) is 0 Å². The number of nitrogens with zero attached hydrogens (tertiary/aromatic N) is 2. The van der Waals surface area contributed by atoms with Crippen LogP contribution in [-0.2, 0) is 10.2 Å². The zero-order valence-electron chi connectivity index (χ0n) is 12.7. The van der Waals surface area contributed by atoms with E-state index in [0.29, 0.717) is 6.54 Å². The monoisotopic (exact) mass is 288 g/mol. The van der Waals surface area contributed by atoms with Crippen LogP contribution in [0.15, 0.2) is 30.3 Å². The Balaban J connectivity index is 1.67. The van der Waals surface area contributed by atoms with E-state index in [4.69, 9.17) is 0 Å². The van der Waals surface area contributed by atoms with Crippen LogP contribution in [0.2, 0.25) is 0 Å². The predicted octanol–water partition coefficient (Wildman–Crippen LogP) is 1.81. The molecule has 0 bridgehead atoms. The van der Waals surface area contributed by atoms with E-state index in [-0.39, 0.29) is 0 Å². The molecule has 1 atom stereocenters. The largest absolute Gasteiger partial charge is 0.481 e. The quantitative estimate of drug-likeness (QED) is 0.897. The highest BCUT2D eigenvalue weighted by Gasteiger charge is 2.38. The van der Waals surface area contributed by atoms with Crippen molar-refractivity contribution in [1.82, 2.24) is 9.80 Å². The summed E-state index contributed by atoms with van der Waals surface area (Å²) in [6.07, 6.45) is 2.69. The second-order valence-electron chi connectivity index (χ2n) is 6.55. The number of hydrogen-bond donors (Lipinski definition) is 1. The van der Waals surface area contributed by atoms with Crippen molar-refractivity contribution in [2.24, 2.45) is 0 Å². The maximum atomic E-state index is 11.8. The second kappa shape index (κ2) is 5.78. The lowest BCUT2D eigenvalue weighted by Gasteiger charge is -2.39. The minimum absolute atomic E-state index is 0.588. The summed E-state index contributed by atoms with van der Waals surface area (Å²) in [4.78, 5) is 16.7. The molecule has 3 rings (SSSR count). The molecule has 1 unspecified atom stereocenters. The summed E-state index contributed by atoms with van der Waals surface area (Å²) in [5.74, 6) is -0.738. The molecule has 1 aliphatic carbocycles. The summed E-state index contributed by atoms with van der Waals surface area (Å²) >= 11 is 0. The van der Waals surface area contributed by atoms with Crippen LogP contribution in [0.5, 0.6) is 0 Å². The zero-order chi connectivity index (χ0) is 14.9. The molecule has 1 saturated heterocycles. The Morgan fingerprint density at radius 3 is 2.33 bits per heavy atom.